The monoisotopic (exact) mass is 498 g/mol. The van der Waals surface area contributed by atoms with Gasteiger partial charge in [0.1, 0.15) is 11.6 Å². The lowest BCUT2D eigenvalue weighted by molar-refractivity contribution is 0.0539. The molecule has 0 aromatic heterocycles. The molecule has 0 unspecified atom stereocenters. The lowest BCUT2D eigenvalue weighted by Crippen LogP contribution is -2.48. The van der Waals surface area contributed by atoms with Crippen LogP contribution in [0.1, 0.15) is 34.3 Å². The zero-order valence-electron chi connectivity index (χ0n) is 18.5. The van der Waals surface area contributed by atoms with Gasteiger partial charge in [-0.1, -0.05) is 41.9 Å². The zero-order valence-corrected chi connectivity index (χ0v) is 19.3. The van der Waals surface area contributed by atoms with E-state index in [4.69, 9.17) is 31.5 Å². The fourth-order valence-electron chi connectivity index (χ4n) is 5.46. The van der Waals surface area contributed by atoms with Crippen LogP contribution < -0.4 is 25.3 Å². The highest BCUT2D eigenvalue weighted by Crippen LogP contribution is 2.53. The van der Waals surface area contributed by atoms with Gasteiger partial charge in [0.05, 0.1) is 16.6 Å². The van der Waals surface area contributed by atoms with Gasteiger partial charge in [-0.15, -0.1) is 0 Å². The molecule has 180 valence electrons. The van der Waals surface area contributed by atoms with E-state index >= 15 is 8.78 Å². The van der Waals surface area contributed by atoms with E-state index in [1.807, 2.05) is 30.3 Å². The first-order valence-electron chi connectivity index (χ1n) is 11.3. The smallest absolute Gasteiger partial charge is 0.249 e. The van der Waals surface area contributed by atoms with E-state index in [-0.39, 0.29) is 58.2 Å². The Bertz CT molecular complexity index is 1360. The van der Waals surface area contributed by atoms with Gasteiger partial charge in [-0.3, -0.25) is 4.79 Å². The molecule has 3 aromatic carbocycles. The molecule has 9 heteroatoms. The van der Waals surface area contributed by atoms with Crippen LogP contribution >= 0.6 is 11.6 Å². The molecule has 6 nitrogen and oxygen atoms in total. The molecule has 0 aliphatic carbocycles. The van der Waals surface area contributed by atoms with E-state index in [1.165, 1.54) is 12.1 Å². The largest absolute Gasteiger partial charge is 0.480 e. The van der Waals surface area contributed by atoms with Crippen molar-refractivity contribution in [1.29, 1.82) is 0 Å². The Hall–Kier alpha value is -3.36. The summed E-state index contributed by atoms with van der Waals surface area (Å²) in [6.45, 7) is 0.611. The molecule has 3 aliphatic rings. The van der Waals surface area contributed by atoms with Crippen LogP contribution in [-0.4, -0.2) is 25.3 Å². The van der Waals surface area contributed by atoms with Crippen LogP contribution in [0.25, 0.3) is 11.1 Å². The van der Waals surface area contributed by atoms with Crippen molar-refractivity contribution in [2.45, 2.75) is 30.9 Å². The van der Waals surface area contributed by atoms with Crippen LogP contribution in [0.5, 0.6) is 17.2 Å². The summed E-state index contributed by atoms with van der Waals surface area (Å²) in [6, 6.07) is 12.1. The van der Waals surface area contributed by atoms with Gasteiger partial charge in [0, 0.05) is 29.2 Å². The topological polar surface area (TPSA) is 82.8 Å². The summed E-state index contributed by atoms with van der Waals surface area (Å²) >= 11 is 6.47. The molecule has 3 aromatic rings. The Labute approximate surface area is 204 Å². The molecule has 1 amide bonds. The van der Waals surface area contributed by atoms with Crippen LogP contribution in [0.4, 0.5) is 8.78 Å². The molecule has 2 atom stereocenters. The quantitative estimate of drug-likeness (QED) is 0.545. The van der Waals surface area contributed by atoms with Gasteiger partial charge in [0.15, 0.2) is 17.2 Å². The molecule has 0 radical (unpaired) electrons. The summed E-state index contributed by atoms with van der Waals surface area (Å²) in [4.78, 5) is 12.4. The number of nitrogens with two attached hydrogens (primary N) is 1. The molecule has 1 fully saturated rings. The first-order chi connectivity index (χ1) is 16.9. The minimum Gasteiger partial charge on any atom is -0.480 e. The number of hydrogen-bond donors (Lipinski definition) is 2. The molecule has 3 heterocycles. The summed E-state index contributed by atoms with van der Waals surface area (Å²) in [5.41, 5.74) is 5.76. The Morgan fingerprint density at radius 1 is 1.11 bits per heavy atom. The predicted octanol–water partition coefficient (Wildman–Crippen LogP) is 4.70. The van der Waals surface area contributed by atoms with Gasteiger partial charge in [-0.05, 0) is 31.0 Å². The van der Waals surface area contributed by atoms with Gasteiger partial charge < -0.3 is 25.3 Å². The maximum atomic E-state index is 15.8. The second-order valence-corrected chi connectivity index (χ2v) is 9.30. The molecule has 35 heavy (non-hydrogen) atoms. The standard InChI is InChI=1S/C26H21ClF2N2O4/c27-22-16(28)10-17-15(11-26(35-17,19-7-4-8-31-19)13-5-2-1-3-6-13)20(22)21-14(25(30)32)9-18-24(23(21)29)34-12-33-18/h1-3,5-6,9-10,19,31H,4,7-8,11-12H2,(H2,30,32)/t19-,26-/m0/s1. The van der Waals surface area contributed by atoms with Crippen molar-refractivity contribution in [3.63, 3.8) is 0 Å². The van der Waals surface area contributed by atoms with Crippen molar-refractivity contribution in [2.75, 3.05) is 13.3 Å². The molecule has 3 aliphatic heterocycles. The minimum atomic E-state index is -0.906. The number of nitrogens with one attached hydrogen (secondary N) is 1. The van der Waals surface area contributed by atoms with E-state index in [0.717, 1.165) is 24.9 Å². The van der Waals surface area contributed by atoms with Gasteiger partial charge >= 0.3 is 0 Å². The third-order valence-corrected chi connectivity index (χ3v) is 7.39. The predicted molar refractivity (Wildman–Crippen MR) is 125 cm³/mol. The summed E-state index contributed by atoms with van der Waals surface area (Å²) in [5, 5.41) is 3.18. The number of rotatable bonds is 4. The first kappa shape index (κ1) is 22.1. The lowest BCUT2D eigenvalue weighted by Gasteiger charge is -2.35. The van der Waals surface area contributed by atoms with Crippen molar-refractivity contribution in [3.05, 3.63) is 75.8 Å². The average Bonchev–Trinajstić information content (AvgIpc) is 3.61. The van der Waals surface area contributed by atoms with Crippen LogP contribution in [0.2, 0.25) is 5.02 Å². The third kappa shape index (κ3) is 3.27. The third-order valence-electron chi connectivity index (χ3n) is 7.02. The molecule has 0 bridgehead atoms. The number of ether oxygens (including phenoxy) is 3. The van der Waals surface area contributed by atoms with E-state index in [2.05, 4.69) is 5.32 Å². The van der Waals surface area contributed by atoms with E-state index in [9.17, 15) is 4.79 Å². The molecule has 0 saturated carbocycles. The van der Waals surface area contributed by atoms with Gasteiger partial charge in [-0.2, -0.15) is 0 Å². The number of benzene rings is 3. The number of hydrogen-bond acceptors (Lipinski definition) is 5. The zero-order chi connectivity index (χ0) is 24.3. The van der Waals surface area contributed by atoms with Crippen molar-refractivity contribution in [1.82, 2.24) is 5.32 Å². The molecule has 3 N–H and O–H groups in total. The molecular weight excluding hydrogens is 478 g/mol. The highest BCUT2D eigenvalue weighted by atomic mass is 35.5. The summed E-state index contributed by atoms with van der Waals surface area (Å²) in [6.07, 6.45) is 2.09. The number of halogens is 3. The fraction of sp³-hybridized carbons (Fsp3) is 0.269. The number of fused-ring (bicyclic) bond motifs is 2. The van der Waals surface area contributed by atoms with E-state index in [1.54, 1.807) is 0 Å². The Balaban J connectivity index is 1.60. The highest BCUT2D eigenvalue weighted by Gasteiger charge is 2.50. The molecule has 1 saturated heterocycles. The Kier molecular flexibility index (Phi) is 5.12. The molecule has 6 rings (SSSR count). The van der Waals surface area contributed by atoms with Gasteiger partial charge in [0.25, 0.3) is 0 Å². The second-order valence-electron chi connectivity index (χ2n) is 8.92. The van der Waals surface area contributed by atoms with Crippen LogP contribution in [0.15, 0.2) is 42.5 Å². The van der Waals surface area contributed by atoms with Gasteiger partial charge in [0.2, 0.25) is 18.4 Å². The Morgan fingerprint density at radius 3 is 2.63 bits per heavy atom. The van der Waals surface area contributed by atoms with Crippen molar-refractivity contribution < 1.29 is 27.8 Å². The van der Waals surface area contributed by atoms with E-state index in [0.29, 0.717) is 5.56 Å². The Morgan fingerprint density at radius 2 is 1.91 bits per heavy atom. The second kappa shape index (κ2) is 8.10. The van der Waals surface area contributed by atoms with Crippen LogP contribution in [0.3, 0.4) is 0 Å². The fourth-order valence-corrected chi connectivity index (χ4v) is 5.73. The van der Waals surface area contributed by atoms with Crippen molar-refractivity contribution >= 4 is 17.5 Å². The number of carbonyl (C=O) groups is 1. The molecule has 0 spiro atoms. The number of carbonyl (C=O) groups excluding carboxylic acids is 1. The number of amides is 1. The van der Waals surface area contributed by atoms with Crippen LogP contribution in [-0.2, 0) is 12.0 Å². The van der Waals surface area contributed by atoms with Crippen molar-refractivity contribution in [3.8, 4) is 28.4 Å². The maximum Gasteiger partial charge on any atom is 0.249 e. The minimum absolute atomic E-state index is 0.0297. The first-order valence-corrected chi connectivity index (χ1v) is 11.7. The normalized spacial score (nSPS) is 22.2. The number of primary amides is 1. The maximum absolute atomic E-state index is 15.8. The summed E-state index contributed by atoms with van der Waals surface area (Å²) in [5.74, 6) is -2.47. The summed E-state index contributed by atoms with van der Waals surface area (Å²) in [7, 11) is 0. The summed E-state index contributed by atoms with van der Waals surface area (Å²) < 4.78 is 48.1. The van der Waals surface area contributed by atoms with Crippen molar-refractivity contribution in [2.24, 2.45) is 5.73 Å². The highest BCUT2D eigenvalue weighted by molar-refractivity contribution is 6.34. The average molecular weight is 499 g/mol. The SMILES string of the molecule is NC(=O)c1cc2c(c(F)c1-c1c(Cl)c(F)cc3c1C[C@](c1ccccc1)([C@@H]1CCCN1)O3)OCO2. The lowest BCUT2D eigenvalue weighted by atomic mass is 9.80. The van der Waals surface area contributed by atoms with Gasteiger partial charge in [-0.25, -0.2) is 8.78 Å². The van der Waals surface area contributed by atoms with E-state index < -0.39 is 23.1 Å². The molecular formula is C26H21ClF2N2O4. The van der Waals surface area contributed by atoms with Crippen LogP contribution in [0, 0.1) is 11.6 Å².